The summed E-state index contributed by atoms with van der Waals surface area (Å²) in [5.41, 5.74) is 0. The van der Waals surface area contributed by atoms with E-state index in [9.17, 15) is 9.59 Å². The summed E-state index contributed by atoms with van der Waals surface area (Å²) in [6, 6.07) is -0.159. The predicted octanol–water partition coefficient (Wildman–Crippen LogP) is 0.877. The number of ether oxygens (including phenoxy) is 1. The molecule has 0 aromatic rings. The highest BCUT2D eigenvalue weighted by atomic mass is 16.5. The summed E-state index contributed by atoms with van der Waals surface area (Å²) >= 11 is 0. The van der Waals surface area contributed by atoms with Gasteiger partial charge in [-0.25, -0.2) is 0 Å². The molecule has 1 heterocycles. The van der Waals surface area contributed by atoms with Gasteiger partial charge in [-0.1, -0.05) is 0 Å². The van der Waals surface area contributed by atoms with E-state index >= 15 is 0 Å². The number of hydrogen-bond acceptors (Lipinski definition) is 3. The summed E-state index contributed by atoms with van der Waals surface area (Å²) in [5, 5.41) is 8.75. The van der Waals surface area contributed by atoms with Gasteiger partial charge in [0, 0.05) is 19.2 Å². The quantitative estimate of drug-likeness (QED) is 0.759. The maximum absolute atomic E-state index is 11.9. The molecule has 5 heteroatoms. The van der Waals surface area contributed by atoms with Gasteiger partial charge >= 0.3 is 5.97 Å². The molecular weight excluding hydrogens is 210 g/mol. The van der Waals surface area contributed by atoms with Gasteiger partial charge in [0.2, 0.25) is 0 Å². The van der Waals surface area contributed by atoms with Crippen LogP contribution in [0.1, 0.15) is 33.1 Å². The highest BCUT2D eigenvalue weighted by Gasteiger charge is 2.32. The highest BCUT2D eigenvalue weighted by Crippen LogP contribution is 2.21. The van der Waals surface area contributed by atoms with Crippen LogP contribution in [0.5, 0.6) is 0 Å². The Morgan fingerprint density at radius 3 is 2.81 bits per heavy atom. The summed E-state index contributed by atoms with van der Waals surface area (Å²) in [6.45, 7) is 4.68. The average Bonchev–Trinajstić information content (AvgIpc) is 2.64. The first-order chi connectivity index (χ1) is 7.56. The minimum absolute atomic E-state index is 0.0323. The van der Waals surface area contributed by atoms with Crippen LogP contribution in [-0.2, 0) is 14.3 Å². The van der Waals surface area contributed by atoms with Crippen molar-refractivity contribution in [1.29, 1.82) is 0 Å². The van der Waals surface area contributed by atoms with Gasteiger partial charge in [-0.2, -0.15) is 0 Å². The van der Waals surface area contributed by atoms with Gasteiger partial charge in [0.15, 0.2) is 0 Å². The SMILES string of the molecule is CCOC(C)C(=O)N1CCCC1CC(=O)O. The second-order valence-electron chi connectivity index (χ2n) is 4.02. The van der Waals surface area contributed by atoms with Gasteiger partial charge in [-0.3, -0.25) is 9.59 Å². The molecule has 1 rings (SSSR count). The molecule has 0 saturated carbocycles. The van der Waals surface area contributed by atoms with Crippen LogP contribution in [0.15, 0.2) is 0 Å². The number of carboxylic acids is 1. The standard InChI is InChI=1S/C11H19NO4/c1-3-16-8(2)11(15)12-6-4-5-9(12)7-10(13)14/h8-9H,3-7H2,1-2H3,(H,13,14). The second-order valence-corrected chi connectivity index (χ2v) is 4.02. The molecule has 16 heavy (non-hydrogen) atoms. The summed E-state index contributed by atoms with van der Waals surface area (Å²) in [6.07, 6.45) is 1.21. The Hall–Kier alpha value is -1.10. The Bertz CT molecular complexity index is 267. The molecule has 92 valence electrons. The van der Waals surface area contributed by atoms with Gasteiger partial charge in [0.05, 0.1) is 6.42 Å². The molecule has 2 unspecified atom stereocenters. The van der Waals surface area contributed by atoms with Gasteiger partial charge in [0.25, 0.3) is 5.91 Å². The largest absolute Gasteiger partial charge is 0.481 e. The fourth-order valence-corrected chi connectivity index (χ4v) is 2.09. The maximum Gasteiger partial charge on any atom is 0.305 e. The van der Waals surface area contributed by atoms with Crippen molar-refractivity contribution in [2.75, 3.05) is 13.2 Å². The predicted molar refractivity (Wildman–Crippen MR) is 58.1 cm³/mol. The van der Waals surface area contributed by atoms with Gasteiger partial charge in [-0.05, 0) is 26.7 Å². The smallest absolute Gasteiger partial charge is 0.305 e. The Morgan fingerprint density at radius 2 is 2.25 bits per heavy atom. The lowest BCUT2D eigenvalue weighted by molar-refractivity contribution is -0.145. The molecule has 5 nitrogen and oxygen atoms in total. The van der Waals surface area contributed by atoms with Crippen molar-refractivity contribution in [3.63, 3.8) is 0 Å². The monoisotopic (exact) mass is 229 g/mol. The average molecular weight is 229 g/mol. The summed E-state index contributed by atoms with van der Waals surface area (Å²) in [5.74, 6) is -0.945. The highest BCUT2D eigenvalue weighted by molar-refractivity contribution is 5.81. The minimum Gasteiger partial charge on any atom is -0.481 e. The van der Waals surface area contributed by atoms with E-state index in [-0.39, 0.29) is 18.4 Å². The third-order valence-corrected chi connectivity index (χ3v) is 2.83. The molecule has 0 aliphatic carbocycles. The maximum atomic E-state index is 11.9. The molecule has 1 aliphatic rings. The molecule has 0 radical (unpaired) electrons. The first-order valence-corrected chi connectivity index (χ1v) is 5.70. The Balaban J connectivity index is 2.56. The number of amides is 1. The van der Waals surface area contributed by atoms with Crippen LogP contribution < -0.4 is 0 Å². The number of aliphatic carboxylic acids is 1. The zero-order valence-corrected chi connectivity index (χ0v) is 9.81. The zero-order chi connectivity index (χ0) is 12.1. The van der Waals surface area contributed by atoms with E-state index in [2.05, 4.69) is 0 Å². The lowest BCUT2D eigenvalue weighted by Crippen LogP contribution is -2.42. The Morgan fingerprint density at radius 1 is 1.56 bits per heavy atom. The van der Waals surface area contributed by atoms with Crippen LogP contribution in [0.4, 0.5) is 0 Å². The van der Waals surface area contributed by atoms with Crippen molar-refractivity contribution < 1.29 is 19.4 Å². The summed E-state index contributed by atoms with van der Waals surface area (Å²) in [7, 11) is 0. The molecule has 1 amide bonds. The first kappa shape index (κ1) is 13.0. The molecule has 1 N–H and O–H groups in total. The topological polar surface area (TPSA) is 66.8 Å². The van der Waals surface area contributed by atoms with Crippen molar-refractivity contribution in [2.45, 2.75) is 45.3 Å². The fraction of sp³-hybridized carbons (Fsp3) is 0.818. The van der Waals surface area contributed by atoms with Crippen molar-refractivity contribution in [2.24, 2.45) is 0 Å². The lowest BCUT2D eigenvalue weighted by atomic mass is 10.1. The zero-order valence-electron chi connectivity index (χ0n) is 9.81. The third kappa shape index (κ3) is 3.20. The summed E-state index contributed by atoms with van der Waals surface area (Å²) < 4.78 is 5.23. The number of carbonyl (C=O) groups excluding carboxylic acids is 1. The van der Waals surface area contributed by atoms with Crippen LogP contribution in [-0.4, -0.2) is 47.2 Å². The second kappa shape index (κ2) is 5.84. The van der Waals surface area contributed by atoms with E-state index in [0.717, 1.165) is 12.8 Å². The molecule has 2 atom stereocenters. The van der Waals surface area contributed by atoms with Gasteiger partial charge in [0.1, 0.15) is 6.10 Å². The number of hydrogen-bond donors (Lipinski definition) is 1. The number of rotatable bonds is 5. The Kier molecular flexibility index (Phi) is 4.73. The number of carboxylic acid groups (broad SMARTS) is 1. The van der Waals surface area contributed by atoms with E-state index in [0.29, 0.717) is 13.2 Å². The van der Waals surface area contributed by atoms with Crippen LogP contribution in [0, 0.1) is 0 Å². The van der Waals surface area contributed by atoms with Crippen LogP contribution in [0.25, 0.3) is 0 Å². The number of likely N-dealkylation sites (tertiary alicyclic amines) is 1. The van der Waals surface area contributed by atoms with Gasteiger partial charge in [-0.15, -0.1) is 0 Å². The number of nitrogens with zero attached hydrogens (tertiary/aromatic N) is 1. The summed E-state index contributed by atoms with van der Waals surface area (Å²) in [4.78, 5) is 24.2. The fourth-order valence-electron chi connectivity index (χ4n) is 2.09. The van der Waals surface area contributed by atoms with Crippen LogP contribution in [0.3, 0.4) is 0 Å². The normalized spacial score (nSPS) is 22.1. The molecule has 0 aromatic carbocycles. The van der Waals surface area contributed by atoms with E-state index in [1.165, 1.54) is 0 Å². The van der Waals surface area contributed by atoms with Crippen molar-refractivity contribution in [3.05, 3.63) is 0 Å². The van der Waals surface area contributed by atoms with E-state index < -0.39 is 12.1 Å². The third-order valence-electron chi connectivity index (χ3n) is 2.83. The number of carbonyl (C=O) groups is 2. The molecule has 0 aromatic heterocycles. The lowest BCUT2D eigenvalue weighted by Gasteiger charge is -2.26. The van der Waals surface area contributed by atoms with Crippen molar-refractivity contribution in [3.8, 4) is 0 Å². The van der Waals surface area contributed by atoms with Crippen LogP contribution in [0.2, 0.25) is 0 Å². The van der Waals surface area contributed by atoms with E-state index in [4.69, 9.17) is 9.84 Å². The molecule has 0 bridgehead atoms. The first-order valence-electron chi connectivity index (χ1n) is 5.70. The van der Waals surface area contributed by atoms with Gasteiger partial charge < -0.3 is 14.7 Å². The van der Waals surface area contributed by atoms with Crippen molar-refractivity contribution >= 4 is 11.9 Å². The molecular formula is C11H19NO4. The van der Waals surface area contributed by atoms with E-state index in [1.807, 2.05) is 6.92 Å². The molecule has 1 fully saturated rings. The van der Waals surface area contributed by atoms with Crippen molar-refractivity contribution in [1.82, 2.24) is 4.90 Å². The molecule has 0 spiro atoms. The molecule has 1 aliphatic heterocycles. The molecule has 1 saturated heterocycles. The van der Waals surface area contributed by atoms with Crippen LogP contribution >= 0.6 is 0 Å². The Labute approximate surface area is 95.4 Å². The van der Waals surface area contributed by atoms with E-state index in [1.54, 1.807) is 11.8 Å². The minimum atomic E-state index is -0.853.